The van der Waals surface area contributed by atoms with Gasteiger partial charge >= 0.3 is 0 Å². The van der Waals surface area contributed by atoms with Crippen LogP contribution in [0, 0.1) is 20.8 Å². The Labute approximate surface area is 201 Å². The van der Waals surface area contributed by atoms with Gasteiger partial charge in [-0.3, -0.25) is 4.79 Å². The maximum absolute atomic E-state index is 12.8. The number of amides is 1. The molecule has 0 bridgehead atoms. The van der Waals surface area contributed by atoms with Gasteiger partial charge in [-0.25, -0.2) is 9.67 Å². The van der Waals surface area contributed by atoms with Gasteiger partial charge in [0.1, 0.15) is 23.0 Å². The number of halogens is 1. The Hall–Kier alpha value is -3.85. The minimum absolute atomic E-state index is 0.204. The second kappa shape index (κ2) is 9.56. The van der Waals surface area contributed by atoms with Crippen LogP contribution in [0.5, 0.6) is 11.5 Å². The molecule has 0 aliphatic carbocycles. The Morgan fingerprint density at radius 2 is 1.91 bits per heavy atom. The lowest BCUT2D eigenvalue weighted by Gasteiger charge is -2.07. The molecule has 0 radical (unpaired) electrons. The van der Waals surface area contributed by atoms with Crippen LogP contribution in [0.15, 0.2) is 40.8 Å². The van der Waals surface area contributed by atoms with Crippen molar-refractivity contribution in [2.75, 3.05) is 19.5 Å². The van der Waals surface area contributed by atoms with Gasteiger partial charge in [-0.1, -0.05) is 22.9 Å². The number of benzene rings is 2. The summed E-state index contributed by atoms with van der Waals surface area (Å²) in [5.74, 6) is 1.89. The second-order valence-corrected chi connectivity index (χ2v) is 8.11. The van der Waals surface area contributed by atoms with Gasteiger partial charge in [-0.15, -0.1) is 5.10 Å². The topological polar surface area (TPSA) is 104 Å². The van der Waals surface area contributed by atoms with Crippen molar-refractivity contribution in [1.29, 1.82) is 0 Å². The molecular formula is C24H24ClN5O4. The second-order valence-electron chi connectivity index (χ2n) is 7.71. The van der Waals surface area contributed by atoms with Crippen molar-refractivity contribution in [2.45, 2.75) is 27.3 Å². The van der Waals surface area contributed by atoms with Crippen molar-refractivity contribution in [3.63, 3.8) is 0 Å². The zero-order chi connectivity index (χ0) is 24.4. The van der Waals surface area contributed by atoms with E-state index in [0.29, 0.717) is 50.8 Å². The van der Waals surface area contributed by atoms with Crippen molar-refractivity contribution >= 4 is 23.2 Å². The number of carbonyl (C=O) groups excluding carboxylic acids is 1. The first kappa shape index (κ1) is 23.3. The molecule has 0 spiro atoms. The van der Waals surface area contributed by atoms with Crippen LogP contribution in [-0.2, 0) is 6.54 Å². The Balaban J connectivity index is 1.56. The largest absolute Gasteiger partial charge is 0.497 e. The lowest BCUT2D eigenvalue weighted by Crippen LogP contribution is -2.15. The summed E-state index contributed by atoms with van der Waals surface area (Å²) in [5.41, 5.74) is 3.66. The lowest BCUT2D eigenvalue weighted by atomic mass is 10.2. The minimum atomic E-state index is -0.393. The van der Waals surface area contributed by atoms with E-state index < -0.39 is 5.91 Å². The van der Waals surface area contributed by atoms with Gasteiger partial charge in [-0.2, -0.15) is 0 Å². The van der Waals surface area contributed by atoms with E-state index in [1.165, 1.54) is 0 Å². The quantitative estimate of drug-likeness (QED) is 0.403. The smallest absolute Gasteiger partial charge is 0.278 e. The zero-order valence-electron chi connectivity index (χ0n) is 19.5. The third kappa shape index (κ3) is 4.60. The van der Waals surface area contributed by atoms with Crippen LogP contribution in [0.2, 0.25) is 5.02 Å². The number of hydrogen-bond donors (Lipinski definition) is 1. The summed E-state index contributed by atoms with van der Waals surface area (Å²) in [4.78, 5) is 17.4. The number of oxazole rings is 1. The van der Waals surface area contributed by atoms with E-state index in [0.717, 1.165) is 5.56 Å². The van der Waals surface area contributed by atoms with Crippen molar-refractivity contribution in [1.82, 2.24) is 20.0 Å². The summed E-state index contributed by atoms with van der Waals surface area (Å²) in [6.45, 7) is 5.80. The van der Waals surface area contributed by atoms with E-state index in [1.54, 1.807) is 44.0 Å². The highest BCUT2D eigenvalue weighted by Crippen LogP contribution is 2.34. The molecule has 0 aliphatic rings. The first-order valence-corrected chi connectivity index (χ1v) is 10.8. The number of hydrogen-bond acceptors (Lipinski definition) is 7. The minimum Gasteiger partial charge on any atom is -0.497 e. The van der Waals surface area contributed by atoms with E-state index in [1.807, 2.05) is 32.0 Å². The molecule has 0 fully saturated rings. The van der Waals surface area contributed by atoms with Crippen LogP contribution in [0.1, 0.15) is 33.2 Å². The summed E-state index contributed by atoms with van der Waals surface area (Å²) in [5, 5.41) is 11.4. The van der Waals surface area contributed by atoms with Gasteiger partial charge < -0.3 is 19.2 Å². The number of nitrogens with zero attached hydrogens (tertiary/aromatic N) is 4. The summed E-state index contributed by atoms with van der Waals surface area (Å²) >= 11 is 6.23. The van der Waals surface area contributed by atoms with Crippen molar-refractivity contribution in [3.05, 3.63) is 69.8 Å². The zero-order valence-corrected chi connectivity index (χ0v) is 20.2. The SMILES string of the molecule is COc1ccc(-c2nc(Cn3nnc(C(=O)Nc4ccc(C)cc4Cl)c3C)c(C)o2)c(OC)c1. The van der Waals surface area contributed by atoms with Crippen molar-refractivity contribution in [3.8, 4) is 23.0 Å². The van der Waals surface area contributed by atoms with Crippen LogP contribution in [-0.4, -0.2) is 40.1 Å². The van der Waals surface area contributed by atoms with Gasteiger partial charge in [0.25, 0.3) is 5.91 Å². The molecule has 2 aromatic carbocycles. The summed E-state index contributed by atoms with van der Waals surface area (Å²) in [6, 6.07) is 10.8. The van der Waals surface area contributed by atoms with Crippen LogP contribution >= 0.6 is 11.6 Å². The molecule has 2 aromatic heterocycles. The number of rotatable bonds is 7. The summed E-state index contributed by atoms with van der Waals surface area (Å²) in [7, 11) is 3.16. The fraction of sp³-hybridized carbons (Fsp3) is 0.250. The molecule has 0 aliphatic heterocycles. The Kier molecular flexibility index (Phi) is 6.56. The molecule has 9 nitrogen and oxygen atoms in total. The number of aromatic nitrogens is 4. The number of nitrogens with one attached hydrogen (secondary N) is 1. The first-order chi connectivity index (χ1) is 16.3. The number of aryl methyl sites for hydroxylation is 2. The standard InChI is InChI=1S/C24H24ClN5O4/c1-13-6-9-19(18(25)10-13)26-23(31)22-14(2)30(29-28-22)12-20-15(3)34-24(27-20)17-8-7-16(32-4)11-21(17)33-5/h6-11H,12H2,1-5H3,(H,26,31). The maximum Gasteiger partial charge on any atom is 0.278 e. The van der Waals surface area contributed by atoms with Crippen molar-refractivity contribution in [2.24, 2.45) is 0 Å². The third-order valence-corrected chi connectivity index (χ3v) is 5.71. The number of anilines is 1. The molecule has 0 atom stereocenters. The fourth-order valence-corrected chi connectivity index (χ4v) is 3.71. The molecule has 10 heteroatoms. The average molecular weight is 482 g/mol. The van der Waals surface area contributed by atoms with Crippen LogP contribution < -0.4 is 14.8 Å². The molecular weight excluding hydrogens is 458 g/mol. The average Bonchev–Trinajstić information content (AvgIpc) is 3.37. The summed E-state index contributed by atoms with van der Waals surface area (Å²) < 4.78 is 18.2. The van der Waals surface area contributed by atoms with E-state index in [-0.39, 0.29) is 12.2 Å². The van der Waals surface area contributed by atoms with Gasteiger partial charge in [0, 0.05) is 6.07 Å². The van der Waals surface area contributed by atoms with Gasteiger partial charge in [-0.05, 0) is 50.6 Å². The Morgan fingerprint density at radius 1 is 1.12 bits per heavy atom. The maximum atomic E-state index is 12.8. The van der Waals surface area contributed by atoms with Crippen LogP contribution in [0.4, 0.5) is 5.69 Å². The highest BCUT2D eigenvalue weighted by atomic mass is 35.5. The Bertz CT molecular complexity index is 1360. The highest BCUT2D eigenvalue weighted by Gasteiger charge is 2.21. The van der Waals surface area contributed by atoms with Gasteiger partial charge in [0.15, 0.2) is 5.69 Å². The highest BCUT2D eigenvalue weighted by molar-refractivity contribution is 6.34. The molecule has 1 amide bonds. The monoisotopic (exact) mass is 481 g/mol. The van der Waals surface area contributed by atoms with E-state index in [2.05, 4.69) is 20.6 Å². The third-order valence-electron chi connectivity index (χ3n) is 5.40. The van der Waals surface area contributed by atoms with E-state index in [4.69, 9.17) is 25.5 Å². The van der Waals surface area contributed by atoms with Crippen molar-refractivity contribution < 1.29 is 18.7 Å². The molecule has 4 aromatic rings. The molecule has 1 N–H and O–H groups in total. The molecule has 34 heavy (non-hydrogen) atoms. The van der Waals surface area contributed by atoms with E-state index >= 15 is 0 Å². The Morgan fingerprint density at radius 3 is 2.62 bits per heavy atom. The predicted octanol–water partition coefficient (Wildman–Crippen LogP) is 4.83. The van der Waals surface area contributed by atoms with Gasteiger partial charge in [0.05, 0.1) is 42.7 Å². The number of ether oxygens (including phenoxy) is 2. The van der Waals surface area contributed by atoms with Gasteiger partial charge in [0.2, 0.25) is 5.89 Å². The first-order valence-electron chi connectivity index (χ1n) is 10.5. The molecule has 176 valence electrons. The van der Waals surface area contributed by atoms with Crippen LogP contribution in [0.3, 0.4) is 0 Å². The molecule has 0 saturated heterocycles. The van der Waals surface area contributed by atoms with Crippen LogP contribution in [0.25, 0.3) is 11.5 Å². The predicted molar refractivity (Wildman–Crippen MR) is 128 cm³/mol. The number of methoxy groups -OCH3 is 2. The van der Waals surface area contributed by atoms with E-state index in [9.17, 15) is 4.79 Å². The number of carbonyl (C=O) groups is 1. The molecule has 4 rings (SSSR count). The molecule has 2 heterocycles. The lowest BCUT2D eigenvalue weighted by molar-refractivity contribution is 0.102. The molecule has 0 saturated carbocycles. The normalized spacial score (nSPS) is 10.9. The molecule has 0 unspecified atom stereocenters. The summed E-state index contributed by atoms with van der Waals surface area (Å²) in [6.07, 6.45) is 0. The fourth-order valence-electron chi connectivity index (χ4n) is 3.43.